The molecular weight excluding hydrogens is 243 g/mol. The van der Waals surface area contributed by atoms with Gasteiger partial charge in [0.05, 0.1) is 18.0 Å². The van der Waals surface area contributed by atoms with E-state index in [1.54, 1.807) is 12.3 Å². The minimum atomic E-state index is -0.216. The molecule has 1 aromatic rings. The Morgan fingerprint density at radius 1 is 1.42 bits per heavy atom. The van der Waals surface area contributed by atoms with Crippen LogP contribution < -0.4 is 4.90 Å². The predicted octanol–water partition coefficient (Wildman–Crippen LogP) is 3.01. The van der Waals surface area contributed by atoms with Crippen LogP contribution in [0.2, 0.25) is 0 Å². The van der Waals surface area contributed by atoms with Gasteiger partial charge >= 0.3 is 0 Å². The second kappa shape index (κ2) is 5.08. The lowest BCUT2D eigenvalue weighted by atomic mass is 9.76. The molecule has 1 aliphatic heterocycles. The number of hydrogen-bond acceptors (Lipinski definition) is 3. The Hall–Kier alpha value is -1.16. The number of halogens is 1. The van der Waals surface area contributed by atoms with Gasteiger partial charge in [-0.3, -0.25) is 4.98 Å². The number of methoxy groups -OCH3 is 1. The van der Waals surface area contributed by atoms with E-state index >= 15 is 0 Å². The van der Waals surface area contributed by atoms with Crippen LogP contribution in [0.15, 0.2) is 18.5 Å². The van der Waals surface area contributed by atoms with Gasteiger partial charge in [-0.2, -0.15) is 0 Å². The highest BCUT2D eigenvalue weighted by molar-refractivity contribution is 5.47. The summed E-state index contributed by atoms with van der Waals surface area (Å²) in [7, 11) is 1.81. The Morgan fingerprint density at radius 3 is 3.05 bits per heavy atom. The number of aromatic nitrogens is 1. The van der Waals surface area contributed by atoms with Crippen LogP contribution >= 0.6 is 0 Å². The standard InChI is InChI=1S/C15H21FN2O/c1-19-14-4-2-6-15(14)7-3-9-18(11-15)13-5-8-17-10-12(13)16/h5,8,10,14H,2-4,6-7,9,11H2,1H3/t14-,15-/m1/s1. The number of anilines is 1. The average molecular weight is 264 g/mol. The average Bonchev–Trinajstić information content (AvgIpc) is 2.81. The summed E-state index contributed by atoms with van der Waals surface area (Å²) in [4.78, 5) is 6.01. The number of ether oxygens (including phenoxy) is 1. The Kier molecular flexibility index (Phi) is 3.44. The fraction of sp³-hybridized carbons (Fsp3) is 0.667. The molecule has 3 rings (SSSR count). The van der Waals surface area contributed by atoms with Crippen LogP contribution in [0, 0.1) is 11.2 Å². The third-order valence-electron chi connectivity index (χ3n) is 4.81. The Bertz CT molecular complexity index is 454. The lowest BCUT2D eigenvalue weighted by Crippen LogP contribution is -2.48. The van der Waals surface area contributed by atoms with E-state index in [1.165, 1.54) is 25.5 Å². The van der Waals surface area contributed by atoms with E-state index in [1.807, 2.05) is 7.11 Å². The summed E-state index contributed by atoms with van der Waals surface area (Å²) in [6.45, 7) is 1.84. The van der Waals surface area contributed by atoms with Crippen LogP contribution in [0.5, 0.6) is 0 Å². The highest BCUT2D eigenvalue weighted by Crippen LogP contribution is 2.47. The van der Waals surface area contributed by atoms with Gasteiger partial charge in [0.1, 0.15) is 0 Å². The summed E-state index contributed by atoms with van der Waals surface area (Å²) in [6.07, 6.45) is 9.20. The fourth-order valence-electron chi connectivity index (χ4n) is 3.93. The predicted molar refractivity (Wildman–Crippen MR) is 72.7 cm³/mol. The molecule has 1 aromatic heterocycles. The van der Waals surface area contributed by atoms with Gasteiger partial charge in [-0.25, -0.2) is 4.39 Å². The second-order valence-electron chi connectivity index (χ2n) is 5.83. The van der Waals surface area contributed by atoms with Gasteiger partial charge in [0.15, 0.2) is 5.82 Å². The van der Waals surface area contributed by atoms with Crippen molar-refractivity contribution in [2.45, 2.75) is 38.2 Å². The maximum absolute atomic E-state index is 13.9. The van der Waals surface area contributed by atoms with Crippen molar-refractivity contribution in [3.05, 3.63) is 24.3 Å². The first-order chi connectivity index (χ1) is 9.25. The lowest BCUT2D eigenvalue weighted by Gasteiger charge is -2.44. The molecule has 19 heavy (non-hydrogen) atoms. The van der Waals surface area contributed by atoms with E-state index < -0.39 is 0 Å². The molecule has 0 bridgehead atoms. The Labute approximate surface area is 113 Å². The zero-order chi connectivity index (χ0) is 13.3. The number of rotatable bonds is 2. The summed E-state index contributed by atoms with van der Waals surface area (Å²) >= 11 is 0. The van der Waals surface area contributed by atoms with Gasteiger partial charge in [-0.15, -0.1) is 0 Å². The third-order valence-corrected chi connectivity index (χ3v) is 4.81. The van der Waals surface area contributed by atoms with E-state index in [2.05, 4.69) is 9.88 Å². The number of piperidine rings is 1. The summed E-state index contributed by atoms with van der Waals surface area (Å²) < 4.78 is 19.6. The van der Waals surface area contributed by atoms with Crippen molar-refractivity contribution < 1.29 is 9.13 Å². The molecule has 3 nitrogen and oxygen atoms in total. The van der Waals surface area contributed by atoms with Crippen LogP contribution in [-0.4, -0.2) is 31.3 Å². The molecule has 0 aromatic carbocycles. The quantitative estimate of drug-likeness (QED) is 0.821. The Morgan fingerprint density at radius 2 is 2.26 bits per heavy atom. The maximum atomic E-state index is 13.9. The van der Waals surface area contributed by atoms with Crippen molar-refractivity contribution in [2.24, 2.45) is 5.41 Å². The van der Waals surface area contributed by atoms with Gasteiger partial charge in [0.25, 0.3) is 0 Å². The van der Waals surface area contributed by atoms with Crippen molar-refractivity contribution in [2.75, 3.05) is 25.1 Å². The van der Waals surface area contributed by atoms with Gasteiger partial charge in [0, 0.05) is 31.8 Å². The summed E-state index contributed by atoms with van der Waals surface area (Å²) in [5.74, 6) is -0.216. The molecule has 104 valence electrons. The SMILES string of the molecule is CO[C@@H]1CCC[C@]12CCCN(c1ccncc1F)C2. The maximum Gasteiger partial charge on any atom is 0.164 e. The monoisotopic (exact) mass is 264 g/mol. The number of nitrogens with zero attached hydrogens (tertiary/aromatic N) is 2. The molecule has 1 spiro atoms. The molecular formula is C15H21FN2O. The molecule has 1 saturated carbocycles. The lowest BCUT2D eigenvalue weighted by molar-refractivity contribution is 0.00218. The van der Waals surface area contributed by atoms with E-state index in [4.69, 9.17) is 4.74 Å². The minimum absolute atomic E-state index is 0.216. The highest BCUT2D eigenvalue weighted by Gasteiger charge is 2.46. The van der Waals surface area contributed by atoms with Crippen molar-refractivity contribution >= 4 is 5.69 Å². The highest BCUT2D eigenvalue weighted by atomic mass is 19.1. The smallest absolute Gasteiger partial charge is 0.164 e. The molecule has 1 aliphatic carbocycles. The molecule has 1 saturated heterocycles. The molecule has 0 amide bonds. The molecule has 2 atom stereocenters. The van der Waals surface area contributed by atoms with Crippen molar-refractivity contribution in [3.63, 3.8) is 0 Å². The first-order valence-corrected chi connectivity index (χ1v) is 7.12. The molecule has 2 fully saturated rings. The normalized spacial score (nSPS) is 31.1. The first kappa shape index (κ1) is 12.9. The second-order valence-corrected chi connectivity index (χ2v) is 5.83. The molecule has 2 heterocycles. The van der Waals surface area contributed by atoms with Gasteiger partial charge in [-0.1, -0.05) is 6.42 Å². The molecule has 0 unspecified atom stereocenters. The number of hydrogen-bond donors (Lipinski definition) is 0. The van der Waals surface area contributed by atoms with Crippen LogP contribution in [0.4, 0.5) is 10.1 Å². The van der Waals surface area contributed by atoms with Crippen molar-refractivity contribution in [1.29, 1.82) is 0 Å². The summed E-state index contributed by atoms with van der Waals surface area (Å²) in [5, 5.41) is 0. The van der Waals surface area contributed by atoms with E-state index in [0.29, 0.717) is 11.8 Å². The van der Waals surface area contributed by atoms with E-state index in [0.717, 1.165) is 25.9 Å². The molecule has 0 radical (unpaired) electrons. The Balaban J connectivity index is 1.84. The summed E-state index contributed by atoms with van der Waals surface area (Å²) in [5.41, 5.74) is 0.915. The van der Waals surface area contributed by atoms with Crippen LogP contribution in [0.3, 0.4) is 0 Å². The van der Waals surface area contributed by atoms with Crippen molar-refractivity contribution in [3.8, 4) is 0 Å². The summed E-state index contributed by atoms with van der Waals surface area (Å²) in [6, 6.07) is 1.78. The van der Waals surface area contributed by atoms with Gasteiger partial charge in [-0.05, 0) is 31.7 Å². The number of pyridine rings is 1. The van der Waals surface area contributed by atoms with Crippen LogP contribution in [0.25, 0.3) is 0 Å². The zero-order valence-corrected chi connectivity index (χ0v) is 11.4. The van der Waals surface area contributed by atoms with Crippen LogP contribution in [-0.2, 0) is 4.74 Å². The molecule has 0 N–H and O–H groups in total. The van der Waals surface area contributed by atoms with Gasteiger partial charge < -0.3 is 9.64 Å². The van der Waals surface area contributed by atoms with E-state index in [-0.39, 0.29) is 11.2 Å². The molecule has 4 heteroatoms. The minimum Gasteiger partial charge on any atom is -0.381 e. The van der Waals surface area contributed by atoms with Crippen molar-refractivity contribution in [1.82, 2.24) is 4.98 Å². The zero-order valence-electron chi connectivity index (χ0n) is 11.4. The topological polar surface area (TPSA) is 25.4 Å². The largest absolute Gasteiger partial charge is 0.381 e. The van der Waals surface area contributed by atoms with Gasteiger partial charge in [0.2, 0.25) is 0 Å². The van der Waals surface area contributed by atoms with Crippen LogP contribution in [0.1, 0.15) is 32.1 Å². The third kappa shape index (κ3) is 2.22. The fourth-order valence-corrected chi connectivity index (χ4v) is 3.93. The first-order valence-electron chi connectivity index (χ1n) is 7.12. The molecule has 2 aliphatic rings. The van der Waals surface area contributed by atoms with E-state index in [9.17, 15) is 4.39 Å².